The Hall–Kier alpha value is -2.57. The molecule has 0 aliphatic rings. The normalized spacial score (nSPS) is 9.77. The van der Waals surface area contributed by atoms with Gasteiger partial charge in [0.2, 0.25) is 0 Å². The van der Waals surface area contributed by atoms with Crippen LogP contribution in [0.1, 0.15) is 18.1 Å². The summed E-state index contributed by atoms with van der Waals surface area (Å²) >= 11 is 0. The third-order valence-corrected chi connectivity index (χ3v) is 2.64. The lowest BCUT2D eigenvalue weighted by atomic mass is 10.1. The average molecular weight is 308 g/mol. The van der Waals surface area contributed by atoms with E-state index < -0.39 is 24.5 Å². The van der Waals surface area contributed by atoms with E-state index in [2.05, 4.69) is 5.32 Å². The Labute approximate surface area is 129 Å². The Bertz CT molecular complexity index is 557. The topological polar surface area (TPSA) is 93.7 Å². The standard InChI is InChI=1S/C15H20N2O5/c1-4-16-15(20)17-13(18)8-22-14(19)9-21-12-7-10(2)5-6-11(12)3/h5-7H,4,8-9H2,1-3H3,(H2,16,17,18,20). The number of aryl methyl sites for hydroxylation is 2. The molecule has 2 N–H and O–H groups in total. The molecule has 0 aliphatic heterocycles. The lowest BCUT2D eigenvalue weighted by molar-refractivity contribution is -0.150. The second-order valence-corrected chi connectivity index (χ2v) is 4.63. The van der Waals surface area contributed by atoms with E-state index in [4.69, 9.17) is 9.47 Å². The molecule has 0 saturated heterocycles. The predicted octanol–water partition coefficient (Wildman–Crippen LogP) is 1.07. The predicted molar refractivity (Wildman–Crippen MR) is 79.6 cm³/mol. The number of rotatable bonds is 6. The number of benzene rings is 1. The molecule has 0 heterocycles. The number of nitrogens with one attached hydrogen (secondary N) is 2. The number of hydrogen-bond acceptors (Lipinski definition) is 5. The third kappa shape index (κ3) is 6.25. The van der Waals surface area contributed by atoms with E-state index in [1.54, 1.807) is 6.92 Å². The third-order valence-electron chi connectivity index (χ3n) is 2.64. The lowest BCUT2D eigenvalue weighted by Crippen LogP contribution is -2.41. The Morgan fingerprint density at radius 1 is 1.14 bits per heavy atom. The maximum atomic E-state index is 11.5. The number of ether oxygens (including phenoxy) is 2. The van der Waals surface area contributed by atoms with Gasteiger partial charge in [0, 0.05) is 6.54 Å². The van der Waals surface area contributed by atoms with Crippen LogP contribution in [0, 0.1) is 13.8 Å². The number of hydrogen-bond donors (Lipinski definition) is 2. The number of amides is 3. The van der Waals surface area contributed by atoms with Crippen LogP contribution in [-0.2, 0) is 14.3 Å². The molecule has 3 amide bonds. The molecule has 7 nitrogen and oxygen atoms in total. The molecule has 0 saturated carbocycles. The van der Waals surface area contributed by atoms with Gasteiger partial charge in [-0.05, 0) is 38.0 Å². The van der Waals surface area contributed by atoms with E-state index in [0.717, 1.165) is 11.1 Å². The van der Waals surface area contributed by atoms with E-state index >= 15 is 0 Å². The zero-order valence-electron chi connectivity index (χ0n) is 12.9. The van der Waals surface area contributed by atoms with E-state index in [-0.39, 0.29) is 6.61 Å². The molecule has 0 fully saturated rings. The molecule has 7 heteroatoms. The number of carbonyl (C=O) groups is 3. The summed E-state index contributed by atoms with van der Waals surface area (Å²) in [4.78, 5) is 33.9. The van der Waals surface area contributed by atoms with Crippen LogP contribution in [0.2, 0.25) is 0 Å². The van der Waals surface area contributed by atoms with Gasteiger partial charge in [-0.2, -0.15) is 0 Å². The van der Waals surface area contributed by atoms with Crippen molar-refractivity contribution in [1.82, 2.24) is 10.6 Å². The van der Waals surface area contributed by atoms with Gasteiger partial charge < -0.3 is 14.8 Å². The monoisotopic (exact) mass is 308 g/mol. The fourth-order valence-electron chi connectivity index (χ4n) is 1.55. The molecule has 0 atom stereocenters. The van der Waals surface area contributed by atoms with Gasteiger partial charge in [0.05, 0.1) is 0 Å². The fraction of sp³-hybridized carbons (Fsp3) is 0.400. The number of esters is 1. The molecule has 22 heavy (non-hydrogen) atoms. The van der Waals surface area contributed by atoms with Gasteiger partial charge in [-0.1, -0.05) is 12.1 Å². The summed E-state index contributed by atoms with van der Waals surface area (Å²) in [6, 6.07) is 5.00. The Morgan fingerprint density at radius 3 is 2.55 bits per heavy atom. The van der Waals surface area contributed by atoms with Gasteiger partial charge in [0.25, 0.3) is 5.91 Å². The highest BCUT2D eigenvalue weighted by molar-refractivity contribution is 5.95. The van der Waals surface area contributed by atoms with E-state index in [0.29, 0.717) is 12.3 Å². The molecule has 0 aromatic heterocycles. The molecule has 0 spiro atoms. The molecule has 0 unspecified atom stereocenters. The first-order valence-electron chi connectivity index (χ1n) is 6.85. The molecule has 120 valence electrons. The van der Waals surface area contributed by atoms with Crippen molar-refractivity contribution in [2.24, 2.45) is 0 Å². The van der Waals surface area contributed by atoms with Crippen LogP contribution in [0.5, 0.6) is 5.75 Å². The van der Waals surface area contributed by atoms with Gasteiger partial charge in [0.1, 0.15) is 5.75 Å². The molecule has 0 radical (unpaired) electrons. The maximum Gasteiger partial charge on any atom is 0.344 e. The van der Waals surface area contributed by atoms with Crippen molar-refractivity contribution < 1.29 is 23.9 Å². The smallest absolute Gasteiger partial charge is 0.344 e. The van der Waals surface area contributed by atoms with Gasteiger partial charge in [-0.3, -0.25) is 10.1 Å². The van der Waals surface area contributed by atoms with Crippen molar-refractivity contribution in [2.45, 2.75) is 20.8 Å². The highest BCUT2D eigenvalue weighted by Gasteiger charge is 2.11. The van der Waals surface area contributed by atoms with Gasteiger partial charge in [-0.25, -0.2) is 9.59 Å². The van der Waals surface area contributed by atoms with Gasteiger partial charge in [0.15, 0.2) is 13.2 Å². The van der Waals surface area contributed by atoms with Gasteiger partial charge in [-0.15, -0.1) is 0 Å². The summed E-state index contributed by atoms with van der Waals surface area (Å²) in [5.41, 5.74) is 1.91. The highest BCUT2D eigenvalue weighted by atomic mass is 16.6. The van der Waals surface area contributed by atoms with Crippen LogP contribution in [0.3, 0.4) is 0 Å². The lowest BCUT2D eigenvalue weighted by Gasteiger charge is -2.10. The largest absolute Gasteiger partial charge is 0.482 e. The van der Waals surface area contributed by atoms with Crippen LogP contribution in [-0.4, -0.2) is 37.7 Å². The average Bonchev–Trinajstić information content (AvgIpc) is 2.46. The van der Waals surface area contributed by atoms with Crippen molar-refractivity contribution >= 4 is 17.9 Å². The van der Waals surface area contributed by atoms with Crippen molar-refractivity contribution in [3.05, 3.63) is 29.3 Å². The summed E-state index contributed by atoms with van der Waals surface area (Å²) in [7, 11) is 0. The van der Waals surface area contributed by atoms with Crippen molar-refractivity contribution in [3.8, 4) is 5.75 Å². The Morgan fingerprint density at radius 2 is 1.86 bits per heavy atom. The van der Waals surface area contributed by atoms with E-state index in [1.807, 2.05) is 37.4 Å². The van der Waals surface area contributed by atoms with Gasteiger partial charge >= 0.3 is 12.0 Å². The summed E-state index contributed by atoms with van der Waals surface area (Å²) < 4.78 is 10.1. The second-order valence-electron chi connectivity index (χ2n) is 4.63. The number of imide groups is 1. The minimum atomic E-state index is -0.703. The fourth-order valence-corrected chi connectivity index (χ4v) is 1.55. The molecule has 1 aromatic rings. The minimum Gasteiger partial charge on any atom is -0.482 e. The Kier molecular flexibility index (Phi) is 6.88. The number of urea groups is 1. The minimum absolute atomic E-state index is 0.307. The molecule has 0 bridgehead atoms. The molecular formula is C15H20N2O5. The maximum absolute atomic E-state index is 11.5. The van der Waals surface area contributed by atoms with Crippen LogP contribution >= 0.6 is 0 Å². The molecule has 1 rings (SSSR count). The summed E-state index contributed by atoms with van der Waals surface area (Å²) in [5, 5.41) is 4.41. The first kappa shape index (κ1) is 17.5. The Balaban J connectivity index is 2.33. The van der Waals surface area contributed by atoms with Crippen molar-refractivity contribution in [2.75, 3.05) is 19.8 Å². The van der Waals surface area contributed by atoms with Crippen molar-refractivity contribution in [3.63, 3.8) is 0 Å². The first-order chi connectivity index (χ1) is 10.4. The molecule has 0 aliphatic carbocycles. The zero-order valence-corrected chi connectivity index (χ0v) is 12.9. The summed E-state index contributed by atoms with van der Waals surface area (Å²) in [5.74, 6) is -0.804. The first-order valence-corrected chi connectivity index (χ1v) is 6.85. The molecular weight excluding hydrogens is 288 g/mol. The number of carbonyl (C=O) groups excluding carboxylic acids is 3. The highest BCUT2D eigenvalue weighted by Crippen LogP contribution is 2.18. The van der Waals surface area contributed by atoms with E-state index in [9.17, 15) is 14.4 Å². The zero-order chi connectivity index (χ0) is 16.5. The molecule has 1 aromatic carbocycles. The van der Waals surface area contributed by atoms with Crippen LogP contribution < -0.4 is 15.4 Å². The summed E-state index contributed by atoms with van der Waals surface area (Å²) in [6.45, 7) is 5.04. The van der Waals surface area contributed by atoms with E-state index in [1.165, 1.54) is 0 Å². The van der Waals surface area contributed by atoms with Crippen LogP contribution in [0.4, 0.5) is 4.79 Å². The second kappa shape index (κ2) is 8.66. The summed E-state index contributed by atoms with van der Waals surface area (Å²) in [6.07, 6.45) is 0. The SMILES string of the molecule is CCNC(=O)NC(=O)COC(=O)COc1cc(C)ccc1C. The van der Waals surface area contributed by atoms with Crippen LogP contribution in [0.25, 0.3) is 0 Å². The van der Waals surface area contributed by atoms with Crippen LogP contribution in [0.15, 0.2) is 18.2 Å². The quantitative estimate of drug-likeness (QED) is 0.767. The van der Waals surface area contributed by atoms with Crippen molar-refractivity contribution in [1.29, 1.82) is 0 Å².